The number of hydrogen-bond donors (Lipinski definition) is 0. The van der Waals surface area contributed by atoms with Gasteiger partial charge in [0.2, 0.25) is 0 Å². The average Bonchev–Trinajstić information content (AvgIpc) is 3.10. The van der Waals surface area contributed by atoms with Crippen LogP contribution in [0.3, 0.4) is 0 Å². The van der Waals surface area contributed by atoms with Crippen molar-refractivity contribution >= 4 is 33.3 Å². The van der Waals surface area contributed by atoms with Gasteiger partial charge in [-0.25, -0.2) is 4.98 Å². The average molecular weight is 465 g/mol. The summed E-state index contributed by atoms with van der Waals surface area (Å²) >= 11 is 3.18. The van der Waals surface area contributed by atoms with Crippen LogP contribution in [0.4, 0.5) is 0 Å². The number of rotatable bonds is 7. The molecule has 2 aromatic heterocycles. The first kappa shape index (κ1) is 22.6. The Bertz CT molecular complexity index is 1340. The van der Waals surface area contributed by atoms with Crippen LogP contribution in [0.5, 0.6) is 5.75 Å². The number of aromatic nitrogens is 2. The van der Waals surface area contributed by atoms with Crippen LogP contribution in [0.25, 0.3) is 15.9 Å². The standard InChI is InChI=1S/C26H28N2O2S2/c1-6-20-19(5)32-24-23(20)25(29)28(21-12-9-11-16(2)18(21)4)26(27-24)31-15-14-30-22-13-8-7-10-17(22)3/h7-13H,6,14-15H2,1-5H3. The van der Waals surface area contributed by atoms with Crippen molar-refractivity contribution < 1.29 is 4.74 Å². The van der Waals surface area contributed by atoms with Crippen LogP contribution in [0, 0.1) is 27.7 Å². The van der Waals surface area contributed by atoms with Gasteiger partial charge in [-0.2, -0.15) is 0 Å². The third-order valence-corrected chi connectivity index (χ3v) is 7.78. The Balaban J connectivity index is 1.74. The van der Waals surface area contributed by atoms with Crippen molar-refractivity contribution in [3.8, 4) is 11.4 Å². The second kappa shape index (κ2) is 9.51. The van der Waals surface area contributed by atoms with E-state index in [1.165, 1.54) is 4.88 Å². The lowest BCUT2D eigenvalue weighted by Crippen LogP contribution is -2.23. The Morgan fingerprint density at radius 3 is 2.53 bits per heavy atom. The van der Waals surface area contributed by atoms with E-state index < -0.39 is 0 Å². The van der Waals surface area contributed by atoms with Gasteiger partial charge in [0.05, 0.1) is 17.7 Å². The lowest BCUT2D eigenvalue weighted by molar-refractivity contribution is 0.341. The number of thioether (sulfide) groups is 1. The van der Waals surface area contributed by atoms with Gasteiger partial charge in [0.15, 0.2) is 5.16 Å². The summed E-state index contributed by atoms with van der Waals surface area (Å²) in [6, 6.07) is 14.1. The van der Waals surface area contributed by atoms with E-state index in [1.807, 2.05) is 43.3 Å². The number of para-hydroxylation sites is 1. The molecule has 0 unspecified atom stereocenters. The zero-order valence-electron chi connectivity index (χ0n) is 19.2. The molecule has 4 nitrogen and oxygen atoms in total. The number of ether oxygens (including phenoxy) is 1. The van der Waals surface area contributed by atoms with Crippen LogP contribution in [-0.4, -0.2) is 21.9 Å². The highest BCUT2D eigenvalue weighted by Crippen LogP contribution is 2.31. The van der Waals surface area contributed by atoms with E-state index in [1.54, 1.807) is 27.7 Å². The summed E-state index contributed by atoms with van der Waals surface area (Å²) in [5.41, 5.74) is 5.40. The summed E-state index contributed by atoms with van der Waals surface area (Å²) in [5, 5.41) is 1.48. The minimum Gasteiger partial charge on any atom is -0.492 e. The van der Waals surface area contributed by atoms with Crippen molar-refractivity contribution in [2.75, 3.05) is 12.4 Å². The largest absolute Gasteiger partial charge is 0.492 e. The fourth-order valence-corrected chi connectivity index (χ4v) is 5.89. The molecule has 4 rings (SSSR count). The fourth-order valence-electron chi connectivity index (χ4n) is 3.91. The fraction of sp³-hybridized carbons (Fsp3) is 0.308. The van der Waals surface area contributed by atoms with Crippen LogP contribution in [0.2, 0.25) is 0 Å². The maximum atomic E-state index is 13.8. The van der Waals surface area contributed by atoms with Gasteiger partial charge in [-0.15, -0.1) is 11.3 Å². The molecule has 0 saturated carbocycles. The first-order valence-electron chi connectivity index (χ1n) is 10.8. The summed E-state index contributed by atoms with van der Waals surface area (Å²) < 4.78 is 7.77. The summed E-state index contributed by atoms with van der Waals surface area (Å²) in [4.78, 5) is 20.8. The maximum absolute atomic E-state index is 13.8. The smallest absolute Gasteiger partial charge is 0.267 e. The number of fused-ring (bicyclic) bond motifs is 1. The number of hydrogen-bond acceptors (Lipinski definition) is 5. The molecule has 0 aliphatic carbocycles. The number of aryl methyl sites for hydroxylation is 4. The van der Waals surface area contributed by atoms with Gasteiger partial charge in [0, 0.05) is 10.6 Å². The van der Waals surface area contributed by atoms with Gasteiger partial charge < -0.3 is 4.74 Å². The summed E-state index contributed by atoms with van der Waals surface area (Å²) in [5.74, 6) is 1.59. The number of benzene rings is 2. The van der Waals surface area contributed by atoms with E-state index in [2.05, 4.69) is 33.8 Å². The molecule has 0 bridgehead atoms. The van der Waals surface area contributed by atoms with Crippen LogP contribution < -0.4 is 10.3 Å². The second-order valence-electron chi connectivity index (χ2n) is 7.89. The Kier molecular flexibility index (Phi) is 6.72. The molecule has 4 aromatic rings. The molecular formula is C26H28N2O2S2. The molecular weight excluding hydrogens is 436 g/mol. The van der Waals surface area contributed by atoms with Gasteiger partial charge >= 0.3 is 0 Å². The SMILES string of the molecule is CCc1c(C)sc2nc(SCCOc3ccccc3C)n(-c3cccc(C)c3C)c(=O)c12. The van der Waals surface area contributed by atoms with Crippen LogP contribution in [0.1, 0.15) is 34.1 Å². The Labute approximate surface area is 197 Å². The molecule has 0 fully saturated rings. The Hall–Kier alpha value is -2.57. The molecule has 166 valence electrons. The van der Waals surface area contributed by atoms with E-state index in [0.717, 1.165) is 50.3 Å². The van der Waals surface area contributed by atoms with Crippen LogP contribution in [-0.2, 0) is 6.42 Å². The molecule has 2 heterocycles. The molecule has 0 radical (unpaired) electrons. The van der Waals surface area contributed by atoms with E-state index in [9.17, 15) is 4.79 Å². The first-order chi connectivity index (χ1) is 15.4. The molecule has 0 aliphatic heterocycles. The van der Waals surface area contributed by atoms with Crippen LogP contribution in [0.15, 0.2) is 52.4 Å². The monoisotopic (exact) mass is 464 g/mol. The van der Waals surface area contributed by atoms with E-state index >= 15 is 0 Å². The van der Waals surface area contributed by atoms with Crippen molar-refractivity contribution in [3.63, 3.8) is 0 Å². The molecule has 0 atom stereocenters. The zero-order valence-corrected chi connectivity index (χ0v) is 20.8. The molecule has 0 aliphatic rings. The van der Waals surface area contributed by atoms with E-state index in [4.69, 9.17) is 9.72 Å². The van der Waals surface area contributed by atoms with Crippen molar-refractivity contribution in [1.82, 2.24) is 9.55 Å². The van der Waals surface area contributed by atoms with Crippen molar-refractivity contribution in [3.05, 3.63) is 79.9 Å². The maximum Gasteiger partial charge on any atom is 0.267 e. The predicted octanol–water partition coefficient (Wildman–Crippen LogP) is 6.41. The van der Waals surface area contributed by atoms with Gasteiger partial charge in [-0.05, 0) is 68.5 Å². The molecule has 6 heteroatoms. The number of nitrogens with zero attached hydrogens (tertiary/aromatic N) is 2. The quantitative estimate of drug-likeness (QED) is 0.180. The molecule has 0 amide bonds. The van der Waals surface area contributed by atoms with Gasteiger partial charge in [-0.3, -0.25) is 9.36 Å². The lowest BCUT2D eigenvalue weighted by atomic mass is 10.1. The van der Waals surface area contributed by atoms with Crippen molar-refractivity contribution in [2.45, 2.75) is 46.2 Å². The second-order valence-corrected chi connectivity index (χ2v) is 10.2. The first-order valence-corrected chi connectivity index (χ1v) is 12.7. The topological polar surface area (TPSA) is 44.1 Å². The third-order valence-electron chi connectivity index (χ3n) is 5.83. The molecule has 2 aromatic carbocycles. The molecule has 0 spiro atoms. The minimum absolute atomic E-state index is 0.0206. The zero-order chi connectivity index (χ0) is 22.8. The van der Waals surface area contributed by atoms with Crippen molar-refractivity contribution in [2.24, 2.45) is 0 Å². The summed E-state index contributed by atoms with van der Waals surface area (Å²) in [6.07, 6.45) is 0.826. The minimum atomic E-state index is 0.0206. The predicted molar refractivity (Wildman–Crippen MR) is 136 cm³/mol. The lowest BCUT2D eigenvalue weighted by Gasteiger charge is -2.16. The number of thiophene rings is 1. The van der Waals surface area contributed by atoms with Gasteiger partial charge in [0.25, 0.3) is 5.56 Å². The van der Waals surface area contributed by atoms with Gasteiger partial charge in [-0.1, -0.05) is 49.0 Å². The third kappa shape index (κ3) is 4.21. The summed E-state index contributed by atoms with van der Waals surface area (Å²) in [7, 11) is 0. The summed E-state index contributed by atoms with van der Waals surface area (Å²) in [6.45, 7) is 10.9. The Morgan fingerprint density at radius 1 is 1.03 bits per heavy atom. The highest BCUT2D eigenvalue weighted by Gasteiger charge is 2.20. The molecule has 0 saturated heterocycles. The van der Waals surface area contributed by atoms with E-state index in [-0.39, 0.29) is 5.56 Å². The van der Waals surface area contributed by atoms with Gasteiger partial charge in [0.1, 0.15) is 10.6 Å². The molecule has 0 N–H and O–H groups in total. The van der Waals surface area contributed by atoms with Crippen LogP contribution >= 0.6 is 23.1 Å². The van der Waals surface area contributed by atoms with Crippen molar-refractivity contribution in [1.29, 1.82) is 0 Å². The highest BCUT2D eigenvalue weighted by atomic mass is 32.2. The normalized spacial score (nSPS) is 11.3. The Morgan fingerprint density at radius 2 is 1.78 bits per heavy atom. The molecule has 32 heavy (non-hydrogen) atoms. The van der Waals surface area contributed by atoms with E-state index in [0.29, 0.717) is 17.5 Å². The highest BCUT2D eigenvalue weighted by molar-refractivity contribution is 7.99.